The molecule has 0 saturated carbocycles. The summed E-state index contributed by atoms with van der Waals surface area (Å²) in [5.41, 5.74) is 7.50. The van der Waals surface area contributed by atoms with Crippen molar-refractivity contribution in [1.29, 1.82) is 0 Å². The lowest BCUT2D eigenvalue weighted by Gasteiger charge is -2.00. The van der Waals surface area contributed by atoms with E-state index in [1.165, 1.54) is 7.11 Å². The van der Waals surface area contributed by atoms with Crippen molar-refractivity contribution in [2.24, 2.45) is 0 Å². The third kappa shape index (κ3) is 3.42. The summed E-state index contributed by atoms with van der Waals surface area (Å²) in [6.07, 6.45) is 5.52. The number of carbonyl (C=O) groups excluding carboxylic acids is 1. The van der Waals surface area contributed by atoms with E-state index in [1.54, 1.807) is 18.3 Å². The van der Waals surface area contributed by atoms with Gasteiger partial charge in [-0.1, -0.05) is 12.2 Å². The second-order valence-electron chi connectivity index (χ2n) is 3.15. The molecule has 0 aromatic carbocycles. The highest BCUT2D eigenvalue weighted by molar-refractivity contribution is 5.72. The van der Waals surface area contributed by atoms with E-state index in [2.05, 4.69) is 9.72 Å². The highest BCUT2D eigenvalue weighted by Gasteiger charge is 1.97. The Hall–Kier alpha value is -1.84. The average molecular weight is 206 g/mol. The van der Waals surface area contributed by atoms with E-state index in [4.69, 9.17) is 5.73 Å². The molecule has 0 atom stereocenters. The van der Waals surface area contributed by atoms with Gasteiger partial charge in [0.1, 0.15) is 5.82 Å². The number of aromatic nitrogens is 1. The van der Waals surface area contributed by atoms with Gasteiger partial charge in [-0.2, -0.15) is 0 Å². The van der Waals surface area contributed by atoms with Crippen LogP contribution in [0.2, 0.25) is 0 Å². The molecule has 0 bridgehead atoms. The lowest BCUT2D eigenvalue weighted by Crippen LogP contribution is -1.97. The highest BCUT2D eigenvalue weighted by Crippen LogP contribution is 2.11. The zero-order chi connectivity index (χ0) is 11.3. The van der Waals surface area contributed by atoms with Crippen molar-refractivity contribution in [1.82, 2.24) is 4.98 Å². The van der Waals surface area contributed by atoms with Crippen molar-refractivity contribution in [3.63, 3.8) is 0 Å². The molecule has 0 unspecified atom stereocenters. The van der Waals surface area contributed by atoms with E-state index in [0.29, 0.717) is 5.82 Å². The van der Waals surface area contributed by atoms with Crippen LogP contribution in [-0.4, -0.2) is 18.1 Å². The highest BCUT2D eigenvalue weighted by atomic mass is 16.5. The number of ether oxygens (including phenoxy) is 1. The number of nitrogen functional groups attached to an aromatic ring is 1. The van der Waals surface area contributed by atoms with Crippen molar-refractivity contribution in [2.45, 2.75) is 13.3 Å². The Balaban J connectivity index is 2.68. The van der Waals surface area contributed by atoms with E-state index in [-0.39, 0.29) is 12.4 Å². The van der Waals surface area contributed by atoms with E-state index in [0.717, 1.165) is 11.1 Å². The second kappa shape index (κ2) is 5.14. The Morgan fingerprint density at radius 1 is 1.67 bits per heavy atom. The summed E-state index contributed by atoms with van der Waals surface area (Å²) < 4.78 is 4.51. The molecule has 1 aromatic rings. The fourth-order valence-corrected chi connectivity index (χ4v) is 1.13. The molecule has 1 rings (SSSR count). The van der Waals surface area contributed by atoms with Gasteiger partial charge in [0.15, 0.2) is 0 Å². The van der Waals surface area contributed by atoms with E-state index >= 15 is 0 Å². The van der Waals surface area contributed by atoms with Crippen molar-refractivity contribution in [3.8, 4) is 0 Å². The molecule has 0 amide bonds. The molecule has 4 nitrogen and oxygen atoms in total. The first-order valence-electron chi connectivity index (χ1n) is 4.59. The van der Waals surface area contributed by atoms with Gasteiger partial charge < -0.3 is 10.5 Å². The second-order valence-corrected chi connectivity index (χ2v) is 3.15. The van der Waals surface area contributed by atoms with Gasteiger partial charge in [-0.05, 0) is 24.1 Å². The Bertz CT molecular complexity index is 386. The number of nitrogens with zero attached hydrogens (tertiary/aromatic N) is 1. The number of nitrogens with two attached hydrogens (primary N) is 1. The smallest absolute Gasteiger partial charge is 0.309 e. The first-order chi connectivity index (χ1) is 7.13. The molecule has 1 heterocycles. The largest absolute Gasteiger partial charge is 0.469 e. The topological polar surface area (TPSA) is 65.2 Å². The predicted molar refractivity (Wildman–Crippen MR) is 59.1 cm³/mol. The Labute approximate surface area is 88.8 Å². The van der Waals surface area contributed by atoms with E-state index in [9.17, 15) is 4.79 Å². The van der Waals surface area contributed by atoms with E-state index in [1.807, 2.05) is 13.0 Å². The van der Waals surface area contributed by atoms with Crippen molar-refractivity contribution in [2.75, 3.05) is 12.8 Å². The SMILES string of the molecule is COC(=O)CC=Cc1cnc(N)cc1C. The Morgan fingerprint density at radius 2 is 2.40 bits per heavy atom. The van der Waals surface area contributed by atoms with Crippen molar-refractivity contribution < 1.29 is 9.53 Å². The van der Waals surface area contributed by atoms with Crippen LogP contribution < -0.4 is 5.73 Å². The van der Waals surface area contributed by atoms with Crippen LogP contribution in [0, 0.1) is 6.92 Å². The summed E-state index contributed by atoms with van der Waals surface area (Å²) in [4.78, 5) is 14.8. The fraction of sp³-hybridized carbons (Fsp3) is 0.273. The van der Waals surface area contributed by atoms with Gasteiger partial charge in [-0.3, -0.25) is 4.79 Å². The number of rotatable bonds is 3. The number of aryl methyl sites for hydroxylation is 1. The zero-order valence-electron chi connectivity index (χ0n) is 8.86. The molecular formula is C11H14N2O2. The van der Waals surface area contributed by atoms with Crippen LogP contribution in [0.15, 0.2) is 18.3 Å². The summed E-state index contributed by atoms with van der Waals surface area (Å²) in [5.74, 6) is 0.241. The Kier molecular flexibility index (Phi) is 3.85. The number of carbonyl (C=O) groups is 1. The lowest BCUT2D eigenvalue weighted by atomic mass is 10.1. The van der Waals surface area contributed by atoms with Gasteiger partial charge in [-0.15, -0.1) is 0 Å². The van der Waals surface area contributed by atoms with Crippen LogP contribution in [0.25, 0.3) is 6.08 Å². The summed E-state index contributed by atoms with van der Waals surface area (Å²) >= 11 is 0. The number of esters is 1. The molecule has 0 aliphatic rings. The molecule has 0 radical (unpaired) electrons. The fourth-order valence-electron chi connectivity index (χ4n) is 1.13. The van der Waals surface area contributed by atoms with E-state index < -0.39 is 0 Å². The minimum atomic E-state index is -0.257. The monoisotopic (exact) mass is 206 g/mol. The molecule has 80 valence electrons. The third-order valence-corrected chi connectivity index (χ3v) is 1.98. The van der Waals surface area contributed by atoms with Crippen molar-refractivity contribution in [3.05, 3.63) is 29.5 Å². The molecule has 2 N–H and O–H groups in total. The number of methoxy groups -OCH3 is 1. The Morgan fingerprint density at radius 3 is 3.00 bits per heavy atom. The number of pyridine rings is 1. The number of hydrogen-bond donors (Lipinski definition) is 1. The zero-order valence-corrected chi connectivity index (χ0v) is 8.86. The molecular weight excluding hydrogens is 192 g/mol. The quantitative estimate of drug-likeness (QED) is 0.762. The maximum atomic E-state index is 10.8. The molecule has 0 saturated heterocycles. The number of anilines is 1. The van der Waals surface area contributed by atoms with Crippen molar-refractivity contribution >= 4 is 17.9 Å². The minimum absolute atomic E-state index is 0.257. The molecule has 0 spiro atoms. The summed E-state index contributed by atoms with van der Waals surface area (Å²) in [7, 11) is 1.37. The van der Waals surface area contributed by atoms with Crippen LogP contribution in [-0.2, 0) is 9.53 Å². The van der Waals surface area contributed by atoms with Gasteiger partial charge >= 0.3 is 5.97 Å². The molecule has 0 aliphatic carbocycles. The maximum Gasteiger partial charge on any atom is 0.309 e. The number of hydrogen-bond acceptors (Lipinski definition) is 4. The van der Waals surface area contributed by atoms with Crippen LogP contribution in [0.1, 0.15) is 17.5 Å². The summed E-state index contributed by atoms with van der Waals surface area (Å²) in [6, 6.07) is 1.79. The van der Waals surface area contributed by atoms with Crippen LogP contribution in [0.4, 0.5) is 5.82 Å². The molecule has 0 aliphatic heterocycles. The molecule has 15 heavy (non-hydrogen) atoms. The first-order valence-corrected chi connectivity index (χ1v) is 4.59. The van der Waals surface area contributed by atoms with Gasteiger partial charge in [0.25, 0.3) is 0 Å². The maximum absolute atomic E-state index is 10.8. The molecule has 0 fully saturated rings. The van der Waals surface area contributed by atoms with Gasteiger partial charge in [0.2, 0.25) is 0 Å². The predicted octanol–water partition coefficient (Wildman–Crippen LogP) is 1.55. The first kappa shape index (κ1) is 11.2. The van der Waals surface area contributed by atoms with Gasteiger partial charge in [0, 0.05) is 6.20 Å². The summed E-state index contributed by atoms with van der Waals surface area (Å²) in [5, 5.41) is 0. The lowest BCUT2D eigenvalue weighted by molar-refractivity contribution is -0.139. The molecule has 4 heteroatoms. The van der Waals surface area contributed by atoms with Crippen LogP contribution >= 0.6 is 0 Å². The molecule has 1 aromatic heterocycles. The van der Waals surface area contributed by atoms with Crippen LogP contribution in [0.3, 0.4) is 0 Å². The minimum Gasteiger partial charge on any atom is -0.469 e. The van der Waals surface area contributed by atoms with Gasteiger partial charge in [0.05, 0.1) is 13.5 Å². The average Bonchev–Trinajstić information content (AvgIpc) is 2.21. The third-order valence-electron chi connectivity index (χ3n) is 1.98. The van der Waals surface area contributed by atoms with Gasteiger partial charge in [-0.25, -0.2) is 4.98 Å². The standard InChI is InChI=1S/C11H14N2O2/c1-8-6-10(12)13-7-9(8)4-3-5-11(14)15-2/h3-4,6-7H,5H2,1-2H3,(H2,12,13). The van der Waals surface area contributed by atoms with Crippen LogP contribution in [0.5, 0.6) is 0 Å². The normalized spacial score (nSPS) is 10.5. The summed E-state index contributed by atoms with van der Waals surface area (Å²) in [6.45, 7) is 1.94.